The number of nitrogens with zero attached hydrogens (tertiary/aromatic N) is 7. The largest absolute Gasteiger partial charge is 0.341 e. The highest BCUT2D eigenvalue weighted by Gasteiger charge is 2.34. The normalized spacial score (nSPS) is 19.1. The van der Waals surface area contributed by atoms with E-state index in [1.165, 1.54) is 0 Å². The Labute approximate surface area is 225 Å². The molecule has 0 saturated carbocycles. The molecule has 9 nitrogen and oxygen atoms in total. The highest BCUT2D eigenvalue weighted by molar-refractivity contribution is 6.30. The second kappa shape index (κ2) is 10.6. The van der Waals surface area contributed by atoms with Crippen LogP contribution in [0.3, 0.4) is 0 Å². The highest BCUT2D eigenvalue weighted by atomic mass is 35.5. The van der Waals surface area contributed by atoms with Crippen molar-refractivity contribution in [3.63, 3.8) is 0 Å². The van der Waals surface area contributed by atoms with E-state index in [0.29, 0.717) is 30.1 Å². The van der Waals surface area contributed by atoms with Gasteiger partial charge in [-0.1, -0.05) is 11.6 Å². The maximum Gasteiger partial charge on any atom is 0.239 e. The van der Waals surface area contributed by atoms with Crippen LogP contribution in [-0.4, -0.2) is 81.3 Å². The summed E-state index contributed by atoms with van der Waals surface area (Å²) in [4.78, 5) is 28.6. The van der Waals surface area contributed by atoms with Crippen LogP contribution in [-0.2, 0) is 4.79 Å². The van der Waals surface area contributed by atoms with Crippen molar-refractivity contribution in [1.29, 1.82) is 0 Å². The van der Waals surface area contributed by atoms with Crippen molar-refractivity contribution in [2.24, 2.45) is 0 Å². The molecule has 1 atom stereocenters. The maximum absolute atomic E-state index is 14.6. The Morgan fingerprint density at radius 3 is 2.42 bits per heavy atom. The molecule has 2 aromatic heterocycles. The van der Waals surface area contributed by atoms with Gasteiger partial charge in [0.2, 0.25) is 11.9 Å². The van der Waals surface area contributed by atoms with Crippen LogP contribution in [0.15, 0.2) is 18.3 Å². The van der Waals surface area contributed by atoms with Crippen LogP contribution < -0.4 is 10.2 Å². The number of aromatic nitrogens is 4. The van der Waals surface area contributed by atoms with Crippen LogP contribution in [0, 0.1) is 11.6 Å². The maximum atomic E-state index is 14.6. The summed E-state index contributed by atoms with van der Waals surface area (Å²) in [5.74, 6) is -0.752. The van der Waals surface area contributed by atoms with Gasteiger partial charge in [-0.05, 0) is 65.3 Å². The number of likely N-dealkylation sites (tertiary alicyclic amines) is 1. The van der Waals surface area contributed by atoms with Crippen molar-refractivity contribution in [2.75, 3.05) is 43.9 Å². The zero-order valence-corrected chi connectivity index (χ0v) is 22.8. The molecule has 204 valence electrons. The van der Waals surface area contributed by atoms with Gasteiger partial charge in [-0.3, -0.25) is 9.69 Å². The third-order valence-corrected chi connectivity index (χ3v) is 7.85. The minimum absolute atomic E-state index is 0.0196. The van der Waals surface area contributed by atoms with E-state index in [1.807, 2.05) is 37.7 Å². The molecule has 1 aromatic carbocycles. The first kappa shape index (κ1) is 26.6. The first-order valence-electron chi connectivity index (χ1n) is 13.0. The summed E-state index contributed by atoms with van der Waals surface area (Å²) < 4.78 is 31.0. The zero-order chi connectivity index (χ0) is 27.1. The number of hydrogen-bond acceptors (Lipinski definition) is 7. The third-order valence-electron chi connectivity index (χ3n) is 7.63. The number of likely N-dealkylation sites (N-methyl/N-ethyl adjacent to an activating group) is 2. The number of carbonyl (C=O) groups is 1. The van der Waals surface area contributed by atoms with Crippen molar-refractivity contribution >= 4 is 46.0 Å². The van der Waals surface area contributed by atoms with E-state index in [4.69, 9.17) is 16.6 Å². The van der Waals surface area contributed by atoms with Crippen LogP contribution in [0.5, 0.6) is 0 Å². The molecule has 0 bridgehead atoms. The summed E-state index contributed by atoms with van der Waals surface area (Å²) in [6.07, 6.45) is 5.09. The number of rotatable bonds is 6. The van der Waals surface area contributed by atoms with Crippen molar-refractivity contribution in [1.82, 2.24) is 29.5 Å². The number of carbonyl (C=O) groups excluding carboxylic acids is 1. The van der Waals surface area contributed by atoms with E-state index in [2.05, 4.69) is 20.3 Å². The third kappa shape index (κ3) is 5.01. The topological polar surface area (TPSA) is 82.4 Å². The van der Waals surface area contributed by atoms with Gasteiger partial charge in [-0.25, -0.2) is 13.5 Å². The number of fused-ring (bicyclic) bond motifs is 1. The van der Waals surface area contributed by atoms with Crippen LogP contribution >= 0.6 is 11.6 Å². The van der Waals surface area contributed by atoms with Crippen LogP contribution in [0.25, 0.3) is 11.0 Å². The molecule has 2 saturated heterocycles. The molecule has 2 aliphatic rings. The molecule has 2 aliphatic heterocycles. The van der Waals surface area contributed by atoms with Crippen molar-refractivity contribution < 1.29 is 13.6 Å². The predicted molar refractivity (Wildman–Crippen MR) is 144 cm³/mol. The number of benzene rings is 1. The van der Waals surface area contributed by atoms with E-state index in [0.717, 1.165) is 44.4 Å². The SMILES string of the molecule is CC(C)n1ncc2c(Nc3c(F)cc(Cl)cc3F)nc(N3CCC(N(C)C(=O)C4CCCN4C)CC3)nc21. The summed E-state index contributed by atoms with van der Waals surface area (Å²) in [6, 6.07) is 2.21. The molecule has 0 radical (unpaired) electrons. The molecule has 1 N–H and O–H groups in total. The molecular weight excluding hydrogens is 514 g/mol. The molecule has 3 aromatic rings. The van der Waals surface area contributed by atoms with Gasteiger partial charge in [0, 0.05) is 37.2 Å². The second-order valence-electron chi connectivity index (χ2n) is 10.5. The monoisotopic (exact) mass is 546 g/mol. The fourth-order valence-corrected chi connectivity index (χ4v) is 5.59. The minimum atomic E-state index is -0.819. The molecule has 0 spiro atoms. The zero-order valence-electron chi connectivity index (χ0n) is 22.1. The smallest absolute Gasteiger partial charge is 0.239 e. The van der Waals surface area contributed by atoms with Gasteiger partial charge >= 0.3 is 0 Å². The summed E-state index contributed by atoms with van der Waals surface area (Å²) in [7, 11) is 3.91. The Balaban J connectivity index is 1.40. The molecule has 1 amide bonds. The van der Waals surface area contributed by atoms with E-state index in [-0.39, 0.29) is 40.6 Å². The molecular formula is C26H33ClF2N8O. The highest BCUT2D eigenvalue weighted by Crippen LogP contribution is 2.32. The number of nitrogens with one attached hydrogen (secondary N) is 1. The Hall–Kier alpha value is -3.05. The fourth-order valence-electron chi connectivity index (χ4n) is 5.40. The summed E-state index contributed by atoms with van der Waals surface area (Å²) in [6.45, 7) is 6.22. The molecule has 12 heteroatoms. The quantitative estimate of drug-likeness (QED) is 0.483. The Bertz CT molecular complexity index is 1320. The van der Waals surface area contributed by atoms with Crippen molar-refractivity contribution in [3.8, 4) is 0 Å². The fraction of sp³-hybridized carbons (Fsp3) is 0.538. The Morgan fingerprint density at radius 2 is 1.82 bits per heavy atom. The molecule has 0 aliphatic carbocycles. The predicted octanol–water partition coefficient (Wildman–Crippen LogP) is 4.60. The van der Waals surface area contributed by atoms with Gasteiger partial charge in [0.15, 0.2) is 17.3 Å². The van der Waals surface area contributed by atoms with E-state index < -0.39 is 11.6 Å². The number of piperidine rings is 1. The lowest BCUT2D eigenvalue weighted by molar-refractivity contribution is -0.136. The van der Waals surface area contributed by atoms with Gasteiger partial charge in [-0.2, -0.15) is 15.1 Å². The molecule has 2 fully saturated rings. The second-order valence-corrected chi connectivity index (χ2v) is 10.9. The number of halogens is 3. The molecule has 5 rings (SSSR count). The van der Waals surface area contributed by atoms with Gasteiger partial charge in [-0.15, -0.1) is 0 Å². The summed E-state index contributed by atoms with van der Waals surface area (Å²) in [5, 5.41) is 7.79. The molecule has 1 unspecified atom stereocenters. The average Bonchev–Trinajstić information content (AvgIpc) is 3.51. The average molecular weight is 547 g/mol. The Morgan fingerprint density at radius 1 is 1.13 bits per heavy atom. The number of anilines is 3. The van der Waals surface area contributed by atoms with Gasteiger partial charge < -0.3 is 15.1 Å². The van der Waals surface area contributed by atoms with Gasteiger partial charge in [0.25, 0.3) is 0 Å². The van der Waals surface area contributed by atoms with Crippen LogP contribution in [0.1, 0.15) is 45.6 Å². The lowest BCUT2D eigenvalue weighted by Crippen LogP contribution is -2.50. The van der Waals surface area contributed by atoms with E-state index >= 15 is 0 Å². The first-order valence-corrected chi connectivity index (χ1v) is 13.4. The number of amides is 1. The Kier molecular flexibility index (Phi) is 7.41. The lowest BCUT2D eigenvalue weighted by atomic mass is 10.0. The van der Waals surface area contributed by atoms with Gasteiger partial charge in [0.1, 0.15) is 11.5 Å². The van der Waals surface area contributed by atoms with Gasteiger partial charge in [0.05, 0.1) is 17.6 Å². The van der Waals surface area contributed by atoms with Crippen LogP contribution in [0.4, 0.5) is 26.2 Å². The molecule has 4 heterocycles. The van der Waals surface area contributed by atoms with E-state index in [1.54, 1.807) is 10.9 Å². The van der Waals surface area contributed by atoms with Crippen molar-refractivity contribution in [2.45, 2.75) is 57.7 Å². The summed E-state index contributed by atoms with van der Waals surface area (Å²) >= 11 is 5.80. The van der Waals surface area contributed by atoms with E-state index in [9.17, 15) is 13.6 Å². The summed E-state index contributed by atoms with van der Waals surface area (Å²) in [5.41, 5.74) is 0.231. The standard InChI is InChI=1S/C26H33ClF2N8O/c1-15(2)37-24-18(14-30-37)23(31-22-19(28)12-16(27)13-20(22)29)32-26(33-24)36-10-7-17(8-11-36)35(4)25(38)21-6-5-9-34(21)3/h12-15,17,21H,5-11H2,1-4H3,(H,31,32,33). The lowest BCUT2D eigenvalue weighted by Gasteiger charge is -2.38. The number of hydrogen-bond donors (Lipinski definition) is 1. The first-order chi connectivity index (χ1) is 18.1. The van der Waals surface area contributed by atoms with Crippen LogP contribution in [0.2, 0.25) is 5.02 Å². The van der Waals surface area contributed by atoms with Crippen molar-refractivity contribution in [3.05, 3.63) is 35.0 Å². The minimum Gasteiger partial charge on any atom is -0.341 e. The molecule has 38 heavy (non-hydrogen) atoms.